The van der Waals surface area contributed by atoms with Gasteiger partial charge in [-0.15, -0.1) is 0 Å². The first kappa shape index (κ1) is 13.0. The number of rotatable bonds is 2. The van der Waals surface area contributed by atoms with Crippen LogP contribution in [0.2, 0.25) is 0 Å². The number of benzene rings is 1. The van der Waals surface area contributed by atoms with Gasteiger partial charge in [-0.3, -0.25) is 4.79 Å². The van der Waals surface area contributed by atoms with Crippen molar-refractivity contribution in [3.05, 3.63) is 35.4 Å². The highest BCUT2D eigenvalue weighted by atomic mass is 19.1. The van der Waals surface area contributed by atoms with Crippen molar-refractivity contribution in [3.8, 4) is 0 Å². The molecule has 1 aliphatic carbocycles. The summed E-state index contributed by atoms with van der Waals surface area (Å²) in [7, 11) is 0. The smallest absolute Gasteiger partial charge is 0.307 e. The summed E-state index contributed by atoms with van der Waals surface area (Å²) in [6, 6.07) is 3.31. The molecule has 2 nitrogen and oxygen atoms in total. The van der Waals surface area contributed by atoms with Gasteiger partial charge in [0.15, 0.2) is 0 Å². The van der Waals surface area contributed by atoms with Crippen LogP contribution in [-0.4, -0.2) is 11.1 Å². The molecule has 1 aromatic carbocycles. The molecule has 0 saturated heterocycles. The summed E-state index contributed by atoms with van der Waals surface area (Å²) < 4.78 is 26.4. The molecule has 0 aliphatic heterocycles. The Morgan fingerprint density at radius 2 is 1.83 bits per heavy atom. The fourth-order valence-corrected chi connectivity index (χ4v) is 2.83. The molecule has 0 heterocycles. The zero-order valence-electron chi connectivity index (χ0n) is 10.2. The minimum atomic E-state index is -0.878. The summed E-state index contributed by atoms with van der Waals surface area (Å²) in [6.45, 7) is 2.04. The van der Waals surface area contributed by atoms with Crippen molar-refractivity contribution in [2.24, 2.45) is 11.8 Å². The van der Waals surface area contributed by atoms with E-state index < -0.39 is 23.5 Å². The molecule has 1 saturated carbocycles. The normalized spacial score (nSPS) is 28.1. The maximum Gasteiger partial charge on any atom is 0.307 e. The van der Waals surface area contributed by atoms with Crippen LogP contribution >= 0.6 is 0 Å². The van der Waals surface area contributed by atoms with E-state index in [1.54, 1.807) is 0 Å². The average molecular weight is 254 g/mol. The van der Waals surface area contributed by atoms with Crippen LogP contribution in [0, 0.1) is 23.5 Å². The van der Waals surface area contributed by atoms with E-state index in [1.165, 1.54) is 12.1 Å². The Labute approximate surface area is 105 Å². The lowest BCUT2D eigenvalue weighted by Crippen LogP contribution is -2.28. The highest BCUT2D eigenvalue weighted by Gasteiger charge is 2.34. The number of carboxylic acid groups (broad SMARTS) is 1. The van der Waals surface area contributed by atoms with Crippen LogP contribution in [0.25, 0.3) is 0 Å². The van der Waals surface area contributed by atoms with E-state index in [0.717, 1.165) is 12.5 Å². The quantitative estimate of drug-likeness (QED) is 0.876. The molecular weight excluding hydrogens is 238 g/mol. The van der Waals surface area contributed by atoms with Crippen LogP contribution in [0.5, 0.6) is 0 Å². The summed E-state index contributed by atoms with van der Waals surface area (Å²) in [6.07, 6.45) is 2.09. The third-order valence-corrected chi connectivity index (χ3v) is 3.74. The first-order valence-corrected chi connectivity index (χ1v) is 6.16. The van der Waals surface area contributed by atoms with Crippen LogP contribution in [0.15, 0.2) is 18.2 Å². The Kier molecular flexibility index (Phi) is 3.64. The van der Waals surface area contributed by atoms with E-state index in [9.17, 15) is 18.7 Å². The Balaban J connectivity index is 2.34. The molecule has 4 heteroatoms. The molecule has 18 heavy (non-hydrogen) atoms. The van der Waals surface area contributed by atoms with Gasteiger partial charge in [0, 0.05) is 6.07 Å². The predicted molar refractivity (Wildman–Crippen MR) is 63.2 cm³/mol. The van der Waals surface area contributed by atoms with Crippen LogP contribution in [0.4, 0.5) is 8.78 Å². The SMILES string of the molecule is CC1CCC(C(=O)O)C(c2cc(F)cc(F)c2)C1. The summed E-state index contributed by atoms with van der Waals surface area (Å²) in [5.74, 6) is -2.62. The van der Waals surface area contributed by atoms with Crippen molar-refractivity contribution in [1.82, 2.24) is 0 Å². The molecule has 0 radical (unpaired) electrons. The second kappa shape index (κ2) is 5.04. The maximum atomic E-state index is 13.2. The number of aliphatic carboxylic acids is 1. The molecule has 1 aromatic rings. The summed E-state index contributed by atoms with van der Waals surface area (Å²) in [5, 5.41) is 9.21. The molecule has 0 spiro atoms. The summed E-state index contributed by atoms with van der Waals surface area (Å²) in [5.41, 5.74) is 0.464. The molecule has 3 atom stereocenters. The van der Waals surface area contributed by atoms with Crippen LogP contribution in [0.1, 0.15) is 37.7 Å². The minimum Gasteiger partial charge on any atom is -0.481 e. The predicted octanol–water partition coefficient (Wildman–Crippen LogP) is 3.57. The second-order valence-electron chi connectivity index (χ2n) is 5.17. The monoisotopic (exact) mass is 254 g/mol. The van der Waals surface area contributed by atoms with Crippen LogP contribution in [-0.2, 0) is 4.79 Å². The van der Waals surface area contributed by atoms with Crippen molar-refractivity contribution in [2.45, 2.75) is 32.1 Å². The van der Waals surface area contributed by atoms with Crippen LogP contribution in [0.3, 0.4) is 0 Å². The van der Waals surface area contributed by atoms with Gasteiger partial charge in [0.1, 0.15) is 11.6 Å². The number of hydrogen-bond acceptors (Lipinski definition) is 1. The lowest BCUT2D eigenvalue weighted by molar-refractivity contribution is -0.143. The van der Waals surface area contributed by atoms with Gasteiger partial charge in [0.2, 0.25) is 0 Å². The van der Waals surface area contributed by atoms with E-state index >= 15 is 0 Å². The molecule has 2 rings (SSSR count). The Morgan fingerprint density at radius 1 is 1.22 bits per heavy atom. The van der Waals surface area contributed by atoms with Crippen molar-refractivity contribution in [3.63, 3.8) is 0 Å². The van der Waals surface area contributed by atoms with Crippen molar-refractivity contribution in [2.75, 3.05) is 0 Å². The molecule has 1 aliphatic rings. The average Bonchev–Trinajstić information content (AvgIpc) is 2.27. The Bertz CT molecular complexity index is 439. The summed E-state index contributed by atoms with van der Waals surface area (Å²) in [4.78, 5) is 11.2. The Hall–Kier alpha value is -1.45. The first-order chi connectivity index (χ1) is 8.47. The highest BCUT2D eigenvalue weighted by Crippen LogP contribution is 2.40. The molecule has 0 amide bonds. The van der Waals surface area contributed by atoms with E-state index in [0.29, 0.717) is 24.3 Å². The molecule has 3 unspecified atom stereocenters. The van der Waals surface area contributed by atoms with Gasteiger partial charge in [0.25, 0.3) is 0 Å². The molecule has 0 aromatic heterocycles. The fraction of sp³-hybridized carbons (Fsp3) is 0.500. The number of carboxylic acids is 1. The van der Waals surface area contributed by atoms with Gasteiger partial charge < -0.3 is 5.11 Å². The minimum absolute atomic E-state index is 0.295. The van der Waals surface area contributed by atoms with Crippen LogP contribution < -0.4 is 0 Å². The van der Waals surface area contributed by atoms with Crippen molar-refractivity contribution in [1.29, 1.82) is 0 Å². The fourth-order valence-electron chi connectivity index (χ4n) is 2.83. The van der Waals surface area contributed by atoms with Gasteiger partial charge in [-0.25, -0.2) is 8.78 Å². The van der Waals surface area contributed by atoms with Crippen molar-refractivity contribution < 1.29 is 18.7 Å². The van der Waals surface area contributed by atoms with Gasteiger partial charge in [0.05, 0.1) is 5.92 Å². The molecule has 1 N–H and O–H groups in total. The number of carbonyl (C=O) groups is 1. The molecule has 98 valence electrons. The standard InChI is InChI=1S/C14H16F2O2/c1-8-2-3-12(14(17)18)13(4-8)9-5-10(15)7-11(16)6-9/h5-8,12-13H,2-4H2,1H3,(H,17,18). The van der Waals surface area contributed by atoms with E-state index in [-0.39, 0.29) is 5.92 Å². The lowest BCUT2D eigenvalue weighted by atomic mass is 9.71. The zero-order chi connectivity index (χ0) is 13.3. The number of hydrogen-bond donors (Lipinski definition) is 1. The number of halogens is 2. The molecule has 0 bridgehead atoms. The molecule has 1 fully saturated rings. The lowest BCUT2D eigenvalue weighted by Gasteiger charge is -2.32. The second-order valence-corrected chi connectivity index (χ2v) is 5.17. The van der Waals surface area contributed by atoms with Gasteiger partial charge >= 0.3 is 5.97 Å². The zero-order valence-corrected chi connectivity index (χ0v) is 10.2. The van der Waals surface area contributed by atoms with Crippen molar-refractivity contribution >= 4 is 5.97 Å². The summed E-state index contributed by atoms with van der Waals surface area (Å²) >= 11 is 0. The van der Waals surface area contributed by atoms with E-state index in [1.807, 2.05) is 6.92 Å². The third-order valence-electron chi connectivity index (χ3n) is 3.74. The topological polar surface area (TPSA) is 37.3 Å². The first-order valence-electron chi connectivity index (χ1n) is 6.16. The highest BCUT2D eigenvalue weighted by molar-refractivity contribution is 5.71. The van der Waals surface area contributed by atoms with E-state index in [2.05, 4.69) is 0 Å². The van der Waals surface area contributed by atoms with Gasteiger partial charge in [-0.2, -0.15) is 0 Å². The molecular formula is C14H16F2O2. The van der Waals surface area contributed by atoms with E-state index in [4.69, 9.17) is 0 Å². The van der Waals surface area contributed by atoms with Gasteiger partial charge in [-0.1, -0.05) is 6.92 Å². The Morgan fingerprint density at radius 3 is 2.39 bits per heavy atom. The largest absolute Gasteiger partial charge is 0.481 e. The maximum absolute atomic E-state index is 13.2. The third kappa shape index (κ3) is 2.68. The van der Waals surface area contributed by atoms with Gasteiger partial charge in [-0.05, 0) is 48.8 Å².